The van der Waals surface area contributed by atoms with Gasteiger partial charge < -0.3 is 4.90 Å². The molecule has 1 nitrogen and oxygen atoms in total. The molecule has 0 aromatic heterocycles. The van der Waals surface area contributed by atoms with Crippen molar-refractivity contribution in [2.75, 3.05) is 25.9 Å². The first-order chi connectivity index (χ1) is 6.27. The molecule has 0 aliphatic carbocycles. The van der Waals surface area contributed by atoms with Crippen LogP contribution in [0.1, 0.15) is 19.8 Å². The summed E-state index contributed by atoms with van der Waals surface area (Å²) in [6.45, 7) is 4.96. The highest BCUT2D eigenvalue weighted by atomic mass is 32.2. The molecule has 0 bridgehead atoms. The van der Waals surface area contributed by atoms with Gasteiger partial charge in [-0.3, -0.25) is 0 Å². The molecule has 2 aliphatic rings. The van der Waals surface area contributed by atoms with Crippen molar-refractivity contribution in [3.8, 4) is 0 Å². The zero-order chi connectivity index (χ0) is 9.26. The van der Waals surface area contributed by atoms with Crippen molar-refractivity contribution in [3.05, 3.63) is 11.0 Å². The highest BCUT2D eigenvalue weighted by Crippen LogP contribution is 2.37. The van der Waals surface area contributed by atoms with E-state index in [1.807, 2.05) is 11.8 Å². The van der Waals surface area contributed by atoms with Crippen LogP contribution >= 0.6 is 11.8 Å². The predicted molar refractivity (Wildman–Crippen MR) is 59.9 cm³/mol. The first-order valence-electron chi connectivity index (χ1n) is 5.27. The molecule has 1 fully saturated rings. The van der Waals surface area contributed by atoms with Crippen molar-refractivity contribution in [2.45, 2.75) is 19.8 Å². The van der Waals surface area contributed by atoms with Crippen LogP contribution < -0.4 is 0 Å². The molecule has 2 heteroatoms. The summed E-state index contributed by atoms with van der Waals surface area (Å²) in [5.74, 6) is 3.07. The minimum absolute atomic E-state index is 0.846. The Kier molecular flexibility index (Phi) is 2.99. The number of thioether (sulfide) groups is 1. The fourth-order valence-electron chi connectivity index (χ4n) is 2.34. The standard InChI is InChI=1S/C11H19NS/c1-9-7-13-8-11(9)10-3-5-12(2)6-4-10/h8-10H,3-7H2,1-2H3. The van der Waals surface area contributed by atoms with Gasteiger partial charge in [0.05, 0.1) is 0 Å². The Bertz CT molecular complexity index is 204. The lowest BCUT2D eigenvalue weighted by Crippen LogP contribution is -2.31. The SMILES string of the molecule is CC1CSC=C1C1CCN(C)CC1. The van der Waals surface area contributed by atoms with E-state index in [-0.39, 0.29) is 0 Å². The van der Waals surface area contributed by atoms with Crippen LogP contribution in [0.4, 0.5) is 0 Å². The highest BCUT2D eigenvalue weighted by molar-refractivity contribution is 8.02. The molecule has 0 N–H and O–H groups in total. The monoisotopic (exact) mass is 197 g/mol. The molecule has 0 aromatic carbocycles. The average molecular weight is 197 g/mol. The highest BCUT2D eigenvalue weighted by Gasteiger charge is 2.26. The second-order valence-electron chi connectivity index (χ2n) is 4.43. The minimum Gasteiger partial charge on any atom is -0.306 e. The van der Waals surface area contributed by atoms with Gasteiger partial charge in [0.15, 0.2) is 0 Å². The summed E-state index contributed by atoms with van der Waals surface area (Å²) in [6, 6.07) is 0. The van der Waals surface area contributed by atoms with E-state index < -0.39 is 0 Å². The number of nitrogens with zero attached hydrogens (tertiary/aromatic N) is 1. The lowest BCUT2D eigenvalue weighted by Gasteiger charge is -2.31. The third kappa shape index (κ3) is 2.10. The number of hydrogen-bond acceptors (Lipinski definition) is 2. The van der Waals surface area contributed by atoms with Crippen molar-refractivity contribution >= 4 is 11.8 Å². The van der Waals surface area contributed by atoms with Gasteiger partial charge in [0, 0.05) is 5.75 Å². The Labute approximate surface area is 85.6 Å². The molecule has 13 heavy (non-hydrogen) atoms. The van der Waals surface area contributed by atoms with E-state index in [1.54, 1.807) is 5.57 Å². The van der Waals surface area contributed by atoms with Crippen LogP contribution in [0.2, 0.25) is 0 Å². The summed E-state index contributed by atoms with van der Waals surface area (Å²) in [6.07, 6.45) is 2.76. The second kappa shape index (κ2) is 4.05. The summed E-state index contributed by atoms with van der Waals surface area (Å²) in [5.41, 5.74) is 1.75. The van der Waals surface area contributed by atoms with Gasteiger partial charge in [-0.15, -0.1) is 11.8 Å². The van der Waals surface area contributed by atoms with Gasteiger partial charge in [-0.25, -0.2) is 0 Å². The lowest BCUT2D eigenvalue weighted by molar-refractivity contribution is 0.233. The maximum atomic E-state index is 2.45. The van der Waals surface area contributed by atoms with Gasteiger partial charge >= 0.3 is 0 Å². The number of hydrogen-bond donors (Lipinski definition) is 0. The van der Waals surface area contributed by atoms with Crippen LogP contribution in [0.15, 0.2) is 11.0 Å². The topological polar surface area (TPSA) is 3.24 Å². The van der Waals surface area contributed by atoms with Crippen LogP contribution in [-0.2, 0) is 0 Å². The molecule has 2 aliphatic heterocycles. The third-order valence-corrected chi connectivity index (χ3v) is 4.46. The molecule has 1 saturated heterocycles. The van der Waals surface area contributed by atoms with Crippen LogP contribution in [0.3, 0.4) is 0 Å². The first-order valence-corrected chi connectivity index (χ1v) is 6.32. The lowest BCUT2D eigenvalue weighted by atomic mass is 9.84. The molecule has 74 valence electrons. The number of allylic oxidation sites excluding steroid dienone is 1. The Morgan fingerprint density at radius 1 is 1.38 bits per heavy atom. The van der Waals surface area contributed by atoms with E-state index in [1.165, 1.54) is 31.7 Å². The molecule has 0 amide bonds. The van der Waals surface area contributed by atoms with E-state index in [0.29, 0.717) is 0 Å². The average Bonchev–Trinajstić information content (AvgIpc) is 2.53. The molecule has 2 heterocycles. The zero-order valence-corrected chi connectivity index (χ0v) is 9.44. The van der Waals surface area contributed by atoms with Crippen molar-refractivity contribution in [3.63, 3.8) is 0 Å². The smallest absolute Gasteiger partial charge is 0.00375 e. The fraction of sp³-hybridized carbons (Fsp3) is 0.818. The maximum Gasteiger partial charge on any atom is 0.00375 e. The Morgan fingerprint density at radius 2 is 2.08 bits per heavy atom. The molecular weight excluding hydrogens is 178 g/mol. The number of piperidine rings is 1. The normalized spacial score (nSPS) is 32.2. The first kappa shape index (κ1) is 9.60. The predicted octanol–water partition coefficient (Wildman–Crippen LogP) is 2.60. The molecule has 0 aromatic rings. The largest absolute Gasteiger partial charge is 0.306 e. The van der Waals surface area contributed by atoms with Gasteiger partial charge in [-0.05, 0) is 50.2 Å². The third-order valence-electron chi connectivity index (χ3n) is 3.32. The van der Waals surface area contributed by atoms with Crippen LogP contribution in [0, 0.1) is 11.8 Å². The zero-order valence-electron chi connectivity index (χ0n) is 8.62. The number of rotatable bonds is 1. The van der Waals surface area contributed by atoms with E-state index >= 15 is 0 Å². The molecule has 0 spiro atoms. The van der Waals surface area contributed by atoms with Crippen molar-refractivity contribution in [2.24, 2.45) is 11.8 Å². The van der Waals surface area contributed by atoms with Gasteiger partial charge in [0.2, 0.25) is 0 Å². The van der Waals surface area contributed by atoms with Crippen molar-refractivity contribution in [1.82, 2.24) is 4.90 Å². The van der Waals surface area contributed by atoms with Crippen LogP contribution in [-0.4, -0.2) is 30.8 Å². The summed E-state index contributed by atoms with van der Waals surface area (Å²) in [7, 11) is 2.23. The van der Waals surface area contributed by atoms with Gasteiger partial charge in [-0.1, -0.05) is 12.5 Å². The van der Waals surface area contributed by atoms with Crippen molar-refractivity contribution in [1.29, 1.82) is 0 Å². The van der Waals surface area contributed by atoms with E-state index in [9.17, 15) is 0 Å². The van der Waals surface area contributed by atoms with Crippen LogP contribution in [0.25, 0.3) is 0 Å². The van der Waals surface area contributed by atoms with E-state index in [2.05, 4.69) is 24.3 Å². The van der Waals surface area contributed by atoms with E-state index in [4.69, 9.17) is 0 Å². The molecule has 1 atom stereocenters. The summed E-state index contributed by atoms with van der Waals surface area (Å²) in [4.78, 5) is 2.45. The summed E-state index contributed by atoms with van der Waals surface area (Å²) in [5, 5.41) is 2.43. The molecule has 2 rings (SSSR count). The Balaban J connectivity index is 1.94. The molecular formula is C11H19NS. The van der Waals surface area contributed by atoms with Gasteiger partial charge in [-0.2, -0.15) is 0 Å². The Hall–Kier alpha value is 0.0500. The van der Waals surface area contributed by atoms with Crippen molar-refractivity contribution < 1.29 is 0 Å². The Morgan fingerprint density at radius 3 is 2.62 bits per heavy atom. The minimum atomic E-state index is 0.846. The van der Waals surface area contributed by atoms with E-state index in [0.717, 1.165) is 11.8 Å². The maximum absolute atomic E-state index is 2.45. The van der Waals surface area contributed by atoms with Gasteiger partial charge in [0.1, 0.15) is 0 Å². The molecule has 0 saturated carbocycles. The summed E-state index contributed by atoms with van der Waals surface area (Å²) < 4.78 is 0. The fourth-order valence-corrected chi connectivity index (χ4v) is 3.54. The molecule has 0 radical (unpaired) electrons. The quantitative estimate of drug-likeness (QED) is 0.635. The second-order valence-corrected chi connectivity index (χ2v) is 5.33. The van der Waals surface area contributed by atoms with Gasteiger partial charge in [0.25, 0.3) is 0 Å². The number of likely N-dealkylation sites (tertiary alicyclic amines) is 1. The summed E-state index contributed by atoms with van der Waals surface area (Å²) >= 11 is 2.01. The van der Waals surface area contributed by atoms with Crippen LogP contribution in [0.5, 0.6) is 0 Å². The molecule has 1 unspecified atom stereocenters.